The first kappa shape index (κ1) is 12.9. The van der Waals surface area contributed by atoms with E-state index in [1.54, 1.807) is 23.4 Å². The number of aromatic nitrogens is 3. The number of hydrogen-bond donors (Lipinski definition) is 1. The number of pyridine rings is 1. The van der Waals surface area contributed by atoms with Crippen molar-refractivity contribution in [3.05, 3.63) is 18.3 Å². The summed E-state index contributed by atoms with van der Waals surface area (Å²) in [5.74, 6) is 0.857. The maximum Gasteiger partial charge on any atom is 0.534 e. The lowest BCUT2D eigenvalue weighted by Gasteiger charge is -2.27. The van der Waals surface area contributed by atoms with Gasteiger partial charge in [0.1, 0.15) is 0 Å². The Hall–Kier alpha value is -2.15. The van der Waals surface area contributed by atoms with Crippen molar-refractivity contribution in [2.24, 2.45) is 5.92 Å². The van der Waals surface area contributed by atoms with Gasteiger partial charge in [0.05, 0.1) is 5.39 Å². The molecule has 0 radical (unpaired) electrons. The molecule has 0 aromatic carbocycles. The van der Waals surface area contributed by atoms with Gasteiger partial charge in [-0.1, -0.05) is 6.92 Å². The van der Waals surface area contributed by atoms with E-state index < -0.39 is 6.16 Å². The van der Waals surface area contributed by atoms with Crippen LogP contribution in [0, 0.1) is 5.92 Å². The zero-order valence-electron chi connectivity index (χ0n) is 11.2. The summed E-state index contributed by atoms with van der Waals surface area (Å²) in [5, 5.41) is 8.89. The largest absolute Gasteiger partial charge is 0.534 e. The Labute approximate surface area is 115 Å². The predicted molar refractivity (Wildman–Crippen MR) is 71.0 cm³/mol. The highest BCUT2D eigenvalue weighted by atomic mass is 16.8. The summed E-state index contributed by atoms with van der Waals surface area (Å²) in [6.07, 6.45) is 2.90. The lowest BCUT2D eigenvalue weighted by molar-refractivity contribution is -0.131. The number of hydrogen-bond acceptors (Lipinski definition) is 6. The minimum Gasteiger partial charge on any atom is -0.372 e. The molecule has 1 N–H and O–H groups in total. The molecule has 3 heterocycles. The Balaban J connectivity index is 1.61. The molecule has 2 aromatic rings. The third kappa shape index (κ3) is 2.72. The number of H-pyrrole nitrogens is 1. The van der Waals surface area contributed by atoms with Crippen molar-refractivity contribution >= 4 is 17.2 Å². The second-order valence-corrected chi connectivity index (χ2v) is 4.98. The molecule has 0 bridgehead atoms. The topological polar surface area (TPSA) is 80.3 Å². The number of ether oxygens (including phenoxy) is 1. The standard InChI is InChI=1S/C13H16N4O3/c1-9-4-7-17(8-5-9)20-13(18)19-12-10-3-2-6-14-11(10)15-16-12/h2-3,6,9H,4-5,7-8H2,1H3,(H,14,15,16). The summed E-state index contributed by atoms with van der Waals surface area (Å²) in [7, 11) is 0. The van der Waals surface area contributed by atoms with Crippen LogP contribution in [0.25, 0.3) is 11.0 Å². The summed E-state index contributed by atoms with van der Waals surface area (Å²) in [6, 6.07) is 3.53. The summed E-state index contributed by atoms with van der Waals surface area (Å²) >= 11 is 0. The van der Waals surface area contributed by atoms with Crippen molar-refractivity contribution in [1.82, 2.24) is 20.2 Å². The fourth-order valence-electron chi connectivity index (χ4n) is 2.19. The molecule has 0 atom stereocenters. The summed E-state index contributed by atoms with van der Waals surface area (Å²) < 4.78 is 5.11. The monoisotopic (exact) mass is 276 g/mol. The van der Waals surface area contributed by atoms with E-state index in [1.807, 2.05) is 0 Å². The zero-order valence-corrected chi connectivity index (χ0v) is 11.2. The molecule has 7 heteroatoms. The summed E-state index contributed by atoms with van der Waals surface area (Å²) in [4.78, 5) is 21.0. The van der Waals surface area contributed by atoms with Crippen molar-refractivity contribution in [1.29, 1.82) is 0 Å². The molecule has 0 amide bonds. The molecule has 2 aromatic heterocycles. The van der Waals surface area contributed by atoms with Crippen LogP contribution in [0.3, 0.4) is 0 Å². The third-order valence-corrected chi connectivity index (χ3v) is 3.43. The van der Waals surface area contributed by atoms with Crippen LogP contribution in [0.15, 0.2) is 18.3 Å². The van der Waals surface area contributed by atoms with E-state index in [4.69, 9.17) is 9.57 Å². The fourth-order valence-corrected chi connectivity index (χ4v) is 2.19. The van der Waals surface area contributed by atoms with E-state index in [0.717, 1.165) is 25.9 Å². The molecule has 1 aliphatic rings. The molecule has 0 unspecified atom stereocenters. The van der Waals surface area contributed by atoms with Gasteiger partial charge in [-0.3, -0.25) is 5.10 Å². The highest BCUT2D eigenvalue weighted by Crippen LogP contribution is 2.21. The first-order valence-corrected chi connectivity index (χ1v) is 6.66. The molecule has 0 spiro atoms. The predicted octanol–water partition coefficient (Wildman–Crippen LogP) is 2.12. The molecule has 20 heavy (non-hydrogen) atoms. The van der Waals surface area contributed by atoms with Gasteiger partial charge >= 0.3 is 6.16 Å². The molecule has 1 fully saturated rings. The van der Waals surface area contributed by atoms with Crippen molar-refractivity contribution in [2.45, 2.75) is 19.8 Å². The highest BCUT2D eigenvalue weighted by Gasteiger charge is 2.21. The van der Waals surface area contributed by atoms with Crippen molar-refractivity contribution in [3.8, 4) is 5.88 Å². The summed E-state index contributed by atoms with van der Waals surface area (Å²) in [6.45, 7) is 3.66. The number of carbonyl (C=O) groups is 1. The van der Waals surface area contributed by atoms with Crippen LogP contribution < -0.4 is 4.74 Å². The molecule has 7 nitrogen and oxygen atoms in total. The second kappa shape index (κ2) is 5.46. The fraction of sp³-hybridized carbons (Fsp3) is 0.462. The minimum atomic E-state index is -0.767. The number of nitrogens with zero attached hydrogens (tertiary/aromatic N) is 3. The average Bonchev–Trinajstić information content (AvgIpc) is 2.85. The number of fused-ring (bicyclic) bond motifs is 1. The molecule has 1 aliphatic heterocycles. The normalized spacial score (nSPS) is 17.2. The van der Waals surface area contributed by atoms with Gasteiger partial charge in [-0.2, -0.15) is 0 Å². The Morgan fingerprint density at radius 2 is 2.25 bits per heavy atom. The molecule has 0 saturated carbocycles. The van der Waals surface area contributed by atoms with Gasteiger partial charge in [0.25, 0.3) is 5.88 Å². The molecular weight excluding hydrogens is 260 g/mol. The Morgan fingerprint density at radius 1 is 1.45 bits per heavy atom. The van der Waals surface area contributed by atoms with Gasteiger partial charge < -0.3 is 9.57 Å². The highest BCUT2D eigenvalue weighted by molar-refractivity contribution is 5.82. The number of piperidine rings is 1. The Morgan fingerprint density at radius 3 is 3.05 bits per heavy atom. The van der Waals surface area contributed by atoms with E-state index >= 15 is 0 Å². The van der Waals surface area contributed by atoms with Crippen molar-refractivity contribution < 1.29 is 14.4 Å². The lowest BCUT2D eigenvalue weighted by Crippen LogP contribution is -2.35. The van der Waals surface area contributed by atoms with Crippen LogP contribution >= 0.6 is 0 Å². The van der Waals surface area contributed by atoms with Gasteiger partial charge in [0.15, 0.2) is 5.65 Å². The minimum absolute atomic E-state index is 0.184. The summed E-state index contributed by atoms with van der Waals surface area (Å²) in [5.41, 5.74) is 0.571. The average molecular weight is 276 g/mol. The van der Waals surface area contributed by atoms with Crippen LogP contribution in [0.2, 0.25) is 0 Å². The Kier molecular flexibility index (Phi) is 3.51. The van der Waals surface area contributed by atoms with Crippen LogP contribution in [0.4, 0.5) is 4.79 Å². The molecular formula is C13H16N4O3. The number of rotatable bonds is 2. The maximum absolute atomic E-state index is 11.7. The number of nitrogens with one attached hydrogen (secondary N) is 1. The molecule has 0 aliphatic carbocycles. The first-order chi connectivity index (χ1) is 9.72. The van der Waals surface area contributed by atoms with Crippen molar-refractivity contribution in [3.63, 3.8) is 0 Å². The van der Waals surface area contributed by atoms with E-state index in [2.05, 4.69) is 22.1 Å². The smallest absolute Gasteiger partial charge is 0.372 e. The quantitative estimate of drug-likeness (QED) is 0.846. The number of aromatic amines is 1. The van der Waals surface area contributed by atoms with Crippen molar-refractivity contribution in [2.75, 3.05) is 13.1 Å². The van der Waals surface area contributed by atoms with Gasteiger partial charge in [-0.05, 0) is 30.9 Å². The van der Waals surface area contributed by atoms with Crippen LogP contribution in [-0.2, 0) is 4.84 Å². The maximum atomic E-state index is 11.7. The van der Waals surface area contributed by atoms with Crippen LogP contribution in [-0.4, -0.2) is 39.5 Å². The van der Waals surface area contributed by atoms with E-state index in [0.29, 0.717) is 17.0 Å². The molecule has 1 saturated heterocycles. The molecule has 106 valence electrons. The number of carbonyl (C=O) groups excluding carboxylic acids is 1. The SMILES string of the molecule is CC1CCN(OC(=O)Oc2n[nH]c3ncccc23)CC1. The van der Waals surface area contributed by atoms with E-state index in [-0.39, 0.29) is 5.88 Å². The lowest BCUT2D eigenvalue weighted by atomic mass is 10.0. The third-order valence-electron chi connectivity index (χ3n) is 3.43. The van der Waals surface area contributed by atoms with Gasteiger partial charge in [-0.15, -0.1) is 10.2 Å². The second-order valence-electron chi connectivity index (χ2n) is 4.98. The van der Waals surface area contributed by atoms with Crippen LogP contribution in [0.5, 0.6) is 5.88 Å². The van der Waals surface area contributed by atoms with Crippen LogP contribution in [0.1, 0.15) is 19.8 Å². The molecule has 3 rings (SSSR count). The first-order valence-electron chi connectivity index (χ1n) is 6.66. The Bertz CT molecular complexity index is 604. The van der Waals surface area contributed by atoms with Gasteiger partial charge in [-0.25, -0.2) is 9.78 Å². The van der Waals surface area contributed by atoms with Gasteiger partial charge in [0.2, 0.25) is 0 Å². The van der Waals surface area contributed by atoms with E-state index in [9.17, 15) is 4.79 Å². The number of hydroxylamine groups is 2. The zero-order chi connectivity index (χ0) is 13.9. The van der Waals surface area contributed by atoms with Gasteiger partial charge in [0, 0.05) is 19.3 Å². The van der Waals surface area contributed by atoms with E-state index in [1.165, 1.54) is 0 Å².